The molecule has 1 unspecified atom stereocenters. The Labute approximate surface area is 119 Å². The number of hydrogen-bond acceptors (Lipinski definition) is 1. The lowest BCUT2D eigenvalue weighted by Crippen LogP contribution is -2.19. The van der Waals surface area contributed by atoms with E-state index in [9.17, 15) is 4.39 Å². The van der Waals surface area contributed by atoms with Gasteiger partial charge in [0.25, 0.3) is 0 Å². The fourth-order valence-corrected chi connectivity index (χ4v) is 2.58. The minimum atomic E-state index is -0.237. The Morgan fingerprint density at radius 2 is 1.89 bits per heavy atom. The van der Waals surface area contributed by atoms with Gasteiger partial charge in [-0.05, 0) is 36.9 Å². The maximum atomic E-state index is 13.9. The monoisotopic (exact) mass is 327 g/mol. The summed E-state index contributed by atoms with van der Waals surface area (Å²) in [5.41, 5.74) is 1.51. The van der Waals surface area contributed by atoms with Gasteiger partial charge in [0.05, 0.1) is 6.04 Å². The second-order valence-corrected chi connectivity index (χ2v) is 5.20. The molecule has 2 aromatic carbocycles. The van der Waals surface area contributed by atoms with Gasteiger partial charge < -0.3 is 5.32 Å². The molecular weight excluding hydrogens is 317 g/mol. The summed E-state index contributed by atoms with van der Waals surface area (Å²) < 4.78 is 14.8. The van der Waals surface area contributed by atoms with Crippen LogP contribution in [0.15, 0.2) is 46.9 Å². The van der Waals surface area contributed by atoms with Crippen molar-refractivity contribution in [1.29, 1.82) is 0 Å². The standard InChI is InChI=1S/C14H12BrClFN/c1-18-14(10-4-2-3-5-13(10)17)11-8-9(16)6-7-12(11)15/h2-8,14,18H,1H3. The van der Waals surface area contributed by atoms with E-state index in [0.29, 0.717) is 10.6 Å². The Bertz CT molecular complexity index is 559. The van der Waals surface area contributed by atoms with Gasteiger partial charge in [-0.25, -0.2) is 4.39 Å². The van der Waals surface area contributed by atoms with Crippen LogP contribution < -0.4 is 5.32 Å². The van der Waals surface area contributed by atoms with Gasteiger partial charge in [0.1, 0.15) is 5.82 Å². The first-order chi connectivity index (χ1) is 8.63. The summed E-state index contributed by atoms with van der Waals surface area (Å²) in [7, 11) is 1.80. The maximum absolute atomic E-state index is 13.9. The highest BCUT2D eigenvalue weighted by Crippen LogP contribution is 2.31. The molecule has 0 spiro atoms. The predicted molar refractivity (Wildman–Crippen MR) is 76.5 cm³/mol. The number of rotatable bonds is 3. The third-order valence-electron chi connectivity index (χ3n) is 2.77. The normalized spacial score (nSPS) is 12.4. The molecule has 0 aliphatic rings. The summed E-state index contributed by atoms with van der Waals surface area (Å²) in [5, 5.41) is 3.74. The van der Waals surface area contributed by atoms with E-state index in [1.54, 1.807) is 25.2 Å². The molecule has 0 radical (unpaired) electrons. The molecule has 94 valence electrons. The average molecular weight is 329 g/mol. The van der Waals surface area contributed by atoms with Gasteiger partial charge in [-0.1, -0.05) is 45.7 Å². The van der Waals surface area contributed by atoms with E-state index in [4.69, 9.17) is 11.6 Å². The first-order valence-electron chi connectivity index (χ1n) is 5.50. The average Bonchev–Trinajstić information content (AvgIpc) is 2.36. The summed E-state index contributed by atoms with van der Waals surface area (Å²) in [6, 6.07) is 12.0. The minimum absolute atomic E-state index is 0.233. The number of hydrogen-bond donors (Lipinski definition) is 1. The second-order valence-electron chi connectivity index (χ2n) is 3.91. The van der Waals surface area contributed by atoms with Gasteiger partial charge >= 0.3 is 0 Å². The van der Waals surface area contributed by atoms with Gasteiger partial charge in [-0.2, -0.15) is 0 Å². The molecule has 0 aromatic heterocycles. The van der Waals surface area contributed by atoms with Crippen molar-refractivity contribution in [3.63, 3.8) is 0 Å². The van der Waals surface area contributed by atoms with E-state index in [-0.39, 0.29) is 11.9 Å². The fraction of sp³-hybridized carbons (Fsp3) is 0.143. The number of nitrogens with one attached hydrogen (secondary N) is 1. The molecule has 0 fully saturated rings. The van der Waals surface area contributed by atoms with Gasteiger partial charge in [0, 0.05) is 15.1 Å². The highest BCUT2D eigenvalue weighted by molar-refractivity contribution is 9.10. The van der Waals surface area contributed by atoms with Crippen molar-refractivity contribution < 1.29 is 4.39 Å². The van der Waals surface area contributed by atoms with Gasteiger partial charge in [0.15, 0.2) is 0 Å². The highest BCUT2D eigenvalue weighted by Gasteiger charge is 2.18. The first-order valence-corrected chi connectivity index (χ1v) is 6.67. The van der Waals surface area contributed by atoms with Gasteiger partial charge in [-0.15, -0.1) is 0 Å². The quantitative estimate of drug-likeness (QED) is 0.871. The molecule has 1 N–H and O–H groups in total. The lowest BCUT2D eigenvalue weighted by atomic mass is 9.98. The zero-order chi connectivity index (χ0) is 13.1. The Morgan fingerprint density at radius 3 is 2.56 bits per heavy atom. The molecule has 1 atom stereocenters. The lowest BCUT2D eigenvalue weighted by molar-refractivity contribution is 0.575. The zero-order valence-electron chi connectivity index (χ0n) is 9.75. The minimum Gasteiger partial charge on any atom is -0.309 e. The zero-order valence-corrected chi connectivity index (χ0v) is 12.1. The van der Waals surface area contributed by atoms with Crippen LogP contribution in [0.25, 0.3) is 0 Å². The van der Waals surface area contributed by atoms with Crippen LogP contribution in [0.3, 0.4) is 0 Å². The lowest BCUT2D eigenvalue weighted by Gasteiger charge is -2.19. The Morgan fingerprint density at radius 1 is 1.17 bits per heavy atom. The first kappa shape index (κ1) is 13.5. The van der Waals surface area contributed by atoms with E-state index in [0.717, 1.165) is 10.0 Å². The van der Waals surface area contributed by atoms with E-state index in [1.165, 1.54) is 6.07 Å². The predicted octanol–water partition coefficient (Wildman–Crippen LogP) is 4.55. The summed E-state index contributed by atoms with van der Waals surface area (Å²) >= 11 is 9.48. The molecule has 0 aliphatic heterocycles. The summed E-state index contributed by atoms with van der Waals surface area (Å²) in [4.78, 5) is 0. The van der Waals surface area contributed by atoms with Crippen LogP contribution in [-0.4, -0.2) is 7.05 Å². The molecule has 4 heteroatoms. The molecule has 0 heterocycles. The van der Waals surface area contributed by atoms with Crippen LogP contribution in [0.2, 0.25) is 5.02 Å². The Hall–Kier alpha value is -0.900. The SMILES string of the molecule is CNC(c1ccccc1F)c1cc(Cl)ccc1Br. The van der Waals surface area contributed by atoms with Gasteiger partial charge in [-0.3, -0.25) is 0 Å². The largest absolute Gasteiger partial charge is 0.309 e. The summed E-state index contributed by atoms with van der Waals surface area (Å²) in [6.07, 6.45) is 0. The van der Waals surface area contributed by atoms with Crippen molar-refractivity contribution in [1.82, 2.24) is 5.32 Å². The molecule has 2 aromatic rings. The topological polar surface area (TPSA) is 12.0 Å². The van der Waals surface area contributed by atoms with Crippen molar-refractivity contribution >= 4 is 27.5 Å². The molecule has 0 bridgehead atoms. The van der Waals surface area contributed by atoms with E-state index in [1.807, 2.05) is 18.2 Å². The van der Waals surface area contributed by atoms with Crippen LogP contribution in [0.4, 0.5) is 4.39 Å². The van der Waals surface area contributed by atoms with Crippen LogP contribution in [0.5, 0.6) is 0 Å². The molecule has 0 saturated heterocycles. The summed E-state index contributed by atoms with van der Waals surface area (Å²) in [5.74, 6) is -0.233. The van der Waals surface area contributed by atoms with Crippen molar-refractivity contribution in [2.75, 3.05) is 7.05 Å². The molecular formula is C14H12BrClFN. The van der Waals surface area contributed by atoms with E-state index < -0.39 is 0 Å². The number of halogens is 3. The molecule has 1 nitrogen and oxygen atoms in total. The second kappa shape index (κ2) is 5.83. The van der Waals surface area contributed by atoms with Crippen molar-refractivity contribution in [2.45, 2.75) is 6.04 Å². The van der Waals surface area contributed by atoms with E-state index in [2.05, 4.69) is 21.2 Å². The molecule has 0 saturated carbocycles. The maximum Gasteiger partial charge on any atom is 0.128 e. The number of benzene rings is 2. The van der Waals surface area contributed by atoms with Gasteiger partial charge in [0.2, 0.25) is 0 Å². The Balaban J connectivity index is 2.52. The highest BCUT2D eigenvalue weighted by atomic mass is 79.9. The molecule has 2 rings (SSSR count). The fourth-order valence-electron chi connectivity index (χ4n) is 1.92. The van der Waals surface area contributed by atoms with Crippen LogP contribution >= 0.6 is 27.5 Å². The van der Waals surface area contributed by atoms with Crippen LogP contribution in [0, 0.1) is 5.82 Å². The van der Waals surface area contributed by atoms with Crippen molar-refractivity contribution in [3.05, 3.63) is 68.9 Å². The summed E-state index contributed by atoms with van der Waals surface area (Å²) in [6.45, 7) is 0. The molecule has 0 amide bonds. The third kappa shape index (κ3) is 2.74. The van der Waals surface area contributed by atoms with Crippen LogP contribution in [-0.2, 0) is 0 Å². The Kier molecular flexibility index (Phi) is 4.38. The third-order valence-corrected chi connectivity index (χ3v) is 3.73. The smallest absolute Gasteiger partial charge is 0.128 e. The molecule has 0 aliphatic carbocycles. The van der Waals surface area contributed by atoms with Crippen molar-refractivity contribution in [2.24, 2.45) is 0 Å². The van der Waals surface area contributed by atoms with Crippen molar-refractivity contribution in [3.8, 4) is 0 Å². The molecule has 18 heavy (non-hydrogen) atoms. The van der Waals surface area contributed by atoms with Crippen LogP contribution in [0.1, 0.15) is 17.2 Å². The van der Waals surface area contributed by atoms with E-state index >= 15 is 0 Å².